The van der Waals surface area contributed by atoms with Crippen molar-refractivity contribution in [2.24, 2.45) is 0 Å². The van der Waals surface area contributed by atoms with Gasteiger partial charge in [-0.3, -0.25) is 4.79 Å². The highest BCUT2D eigenvalue weighted by Gasteiger charge is 2.13. The lowest BCUT2D eigenvalue weighted by atomic mass is 10.1. The number of amides is 1. The van der Waals surface area contributed by atoms with Crippen molar-refractivity contribution >= 4 is 11.6 Å². The topological polar surface area (TPSA) is 41.1 Å². The summed E-state index contributed by atoms with van der Waals surface area (Å²) < 4.78 is 0. The fraction of sp³-hybridized carbons (Fsp3) is 0.588. The Hall–Kier alpha value is -1.51. The van der Waals surface area contributed by atoms with E-state index in [0.717, 1.165) is 43.5 Å². The molecule has 0 saturated heterocycles. The van der Waals surface area contributed by atoms with E-state index in [9.17, 15) is 4.79 Å². The van der Waals surface area contributed by atoms with E-state index in [1.165, 1.54) is 5.56 Å². The second-order valence-corrected chi connectivity index (χ2v) is 5.49. The SMILES string of the molecule is CCCCC(C)NC(=O)c1ccc(C)cc1NCCC. The Morgan fingerprint density at radius 3 is 2.65 bits per heavy atom. The average Bonchev–Trinajstić information content (AvgIpc) is 2.42. The first-order valence-corrected chi connectivity index (χ1v) is 7.73. The molecule has 0 aromatic heterocycles. The lowest BCUT2D eigenvalue weighted by Crippen LogP contribution is -2.33. The summed E-state index contributed by atoms with van der Waals surface area (Å²) in [6.45, 7) is 9.29. The molecule has 0 heterocycles. The van der Waals surface area contributed by atoms with Crippen molar-refractivity contribution in [1.29, 1.82) is 0 Å². The third kappa shape index (κ3) is 5.24. The number of aryl methyl sites for hydroxylation is 1. The van der Waals surface area contributed by atoms with Gasteiger partial charge in [0.1, 0.15) is 0 Å². The Balaban J connectivity index is 2.75. The first kappa shape index (κ1) is 16.5. The van der Waals surface area contributed by atoms with E-state index in [0.29, 0.717) is 0 Å². The number of carbonyl (C=O) groups excluding carboxylic acids is 1. The second kappa shape index (κ2) is 8.62. The lowest BCUT2D eigenvalue weighted by Gasteiger charge is -2.16. The summed E-state index contributed by atoms with van der Waals surface area (Å²) in [5.74, 6) is 0.0206. The summed E-state index contributed by atoms with van der Waals surface area (Å²) >= 11 is 0. The summed E-state index contributed by atoms with van der Waals surface area (Å²) in [6, 6.07) is 6.17. The molecule has 0 bridgehead atoms. The lowest BCUT2D eigenvalue weighted by molar-refractivity contribution is 0.0939. The molecule has 0 spiro atoms. The number of benzene rings is 1. The molecule has 0 fully saturated rings. The van der Waals surface area contributed by atoms with Crippen LogP contribution in [-0.4, -0.2) is 18.5 Å². The molecule has 3 nitrogen and oxygen atoms in total. The van der Waals surface area contributed by atoms with E-state index in [-0.39, 0.29) is 11.9 Å². The zero-order valence-electron chi connectivity index (χ0n) is 13.3. The molecule has 0 aliphatic carbocycles. The third-order valence-electron chi connectivity index (χ3n) is 3.35. The van der Waals surface area contributed by atoms with Gasteiger partial charge in [0.05, 0.1) is 5.56 Å². The summed E-state index contributed by atoms with van der Waals surface area (Å²) in [5.41, 5.74) is 2.85. The number of unbranched alkanes of at least 4 members (excludes halogenated alkanes) is 1. The number of nitrogens with one attached hydrogen (secondary N) is 2. The minimum Gasteiger partial charge on any atom is -0.384 e. The summed E-state index contributed by atoms with van der Waals surface area (Å²) in [6.07, 6.45) is 4.39. The van der Waals surface area contributed by atoms with E-state index in [4.69, 9.17) is 0 Å². The molecule has 1 amide bonds. The number of hydrogen-bond acceptors (Lipinski definition) is 2. The van der Waals surface area contributed by atoms with Crippen molar-refractivity contribution in [3.8, 4) is 0 Å². The van der Waals surface area contributed by atoms with Crippen LogP contribution in [0.5, 0.6) is 0 Å². The fourth-order valence-corrected chi connectivity index (χ4v) is 2.15. The van der Waals surface area contributed by atoms with Crippen LogP contribution in [0.3, 0.4) is 0 Å². The maximum absolute atomic E-state index is 12.4. The number of anilines is 1. The molecule has 1 aromatic carbocycles. The van der Waals surface area contributed by atoms with Crippen molar-refractivity contribution in [2.75, 3.05) is 11.9 Å². The Morgan fingerprint density at radius 2 is 2.00 bits per heavy atom. The highest BCUT2D eigenvalue weighted by Crippen LogP contribution is 2.18. The van der Waals surface area contributed by atoms with Crippen molar-refractivity contribution in [1.82, 2.24) is 5.32 Å². The van der Waals surface area contributed by atoms with E-state index >= 15 is 0 Å². The predicted octanol–water partition coefficient (Wildman–Crippen LogP) is 4.13. The summed E-state index contributed by atoms with van der Waals surface area (Å²) in [4.78, 5) is 12.4. The molecule has 1 atom stereocenters. The van der Waals surface area contributed by atoms with Crippen LogP contribution in [0.15, 0.2) is 18.2 Å². The van der Waals surface area contributed by atoms with Gasteiger partial charge in [-0.15, -0.1) is 0 Å². The van der Waals surface area contributed by atoms with Gasteiger partial charge >= 0.3 is 0 Å². The van der Waals surface area contributed by atoms with Gasteiger partial charge in [-0.05, 0) is 44.4 Å². The van der Waals surface area contributed by atoms with E-state index < -0.39 is 0 Å². The van der Waals surface area contributed by atoms with E-state index in [1.54, 1.807) is 0 Å². The molecule has 0 aliphatic rings. The minimum absolute atomic E-state index is 0.0206. The molecule has 20 heavy (non-hydrogen) atoms. The third-order valence-corrected chi connectivity index (χ3v) is 3.35. The van der Waals surface area contributed by atoms with Crippen LogP contribution < -0.4 is 10.6 Å². The molecule has 0 aliphatic heterocycles. The van der Waals surface area contributed by atoms with Gasteiger partial charge < -0.3 is 10.6 Å². The van der Waals surface area contributed by atoms with Gasteiger partial charge in [-0.1, -0.05) is 32.8 Å². The first-order chi connectivity index (χ1) is 9.58. The summed E-state index contributed by atoms with van der Waals surface area (Å²) in [5, 5.41) is 6.43. The van der Waals surface area contributed by atoms with Gasteiger partial charge in [0.25, 0.3) is 5.91 Å². The van der Waals surface area contributed by atoms with Crippen LogP contribution in [0, 0.1) is 6.92 Å². The molecular formula is C17H28N2O. The zero-order chi connectivity index (χ0) is 15.0. The van der Waals surface area contributed by atoms with Crippen LogP contribution in [-0.2, 0) is 0 Å². The maximum atomic E-state index is 12.4. The number of carbonyl (C=O) groups is 1. The number of hydrogen-bond donors (Lipinski definition) is 2. The Kier molecular flexibility index (Phi) is 7.13. The van der Waals surface area contributed by atoms with Crippen LogP contribution in [0.25, 0.3) is 0 Å². The fourth-order valence-electron chi connectivity index (χ4n) is 2.15. The maximum Gasteiger partial charge on any atom is 0.253 e. The first-order valence-electron chi connectivity index (χ1n) is 7.73. The van der Waals surface area contributed by atoms with Gasteiger partial charge in [-0.2, -0.15) is 0 Å². The van der Waals surface area contributed by atoms with Crippen molar-refractivity contribution in [3.05, 3.63) is 29.3 Å². The minimum atomic E-state index is 0.0206. The van der Waals surface area contributed by atoms with Gasteiger partial charge in [-0.25, -0.2) is 0 Å². The molecule has 0 radical (unpaired) electrons. The Bertz CT molecular complexity index is 429. The largest absolute Gasteiger partial charge is 0.384 e. The van der Waals surface area contributed by atoms with Gasteiger partial charge in [0.2, 0.25) is 0 Å². The smallest absolute Gasteiger partial charge is 0.253 e. The zero-order valence-corrected chi connectivity index (χ0v) is 13.3. The Morgan fingerprint density at radius 1 is 1.25 bits per heavy atom. The number of rotatable bonds is 8. The molecule has 3 heteroatoms. The molecule has 1 rings (SSSR count). The molecule has 2 N–H and O–H groups in total. The second-order valence-electron chi connectivity index (χ2n) is 5.49. The van der Waals surface area contributed by atoms with Gasteiger partial charge in [0, 0.05) is 18.3 Å². The van der Waals surface area contributed by atoms with Crippen molar-refractivity contribution < 1.29 is 4.79 Å². The van der Waals surface area contributed by atoms with Crippen LogP contribution in [0.1, 0.15) is 62.4 Å². The predicted molar refractivity (Wildman–Crippen MR) is 86.4 cm³/mol. The summed E-state index contributed by atoms with van der Waals surface area (Å²) in [7, 11) is 0. The molecule has 0 saturated carbocycles. The molecule has 1 unspecified atom stereocenters. The van der Waals surface area contributed by atoms with Crippen LogP contribution >= 0.6 is 0 Å². The monoisotopic (exact) mass is 276 g/mol. The molecular weight excluding hydrogens is 248 g/mol. The normalized spacial score (nSPS) is 12.0. The Labute approximate surface area is 123 Å². The van der Waals surface area contributed by atoms with Crippen molar-refractivity contribution in [3.63, 3.8) is 0 Å². The van der Waals surface area contributed by atoms with E-state index in [1.807, 2.05) is 25.1 Å². The average molecular weight is 276 g/mol. The van der Waals surface area contributed by atoms with Crippen molar-refractivity contribution in [2.45, 2.75) is 59.4 Å². The highest BCUT2D eigenvalue weighted by molar-refractivity contribution is 5.99. The molecule has 1 aromatic rings. The highest BCUT2D eigenvalue weighted by atomic mass is 16.1. The van der Waals surface area contributed by atoms with Crippen LogP contribution in [0.4, 0.5) is 5.69 Å². The quantitative estimate of drug-likeness (QED) is 0.749. The van der Waals surface area contributed by atoms with Gasteiger partial charge in [0.15, 0.2) is 0 Å². The van der Waals surface area contributed by atoms with E-state index in [2.05, 4.69) is 31.4 Å². The molecule has 112 valence electrons. The van der Waals surface area contributed by atoms with Crippen LogP contribution in [0.2, 0.25) is 0 Å². The standard InChI is InChI=1S/C17H28N2O/c1-5-7-8-14(4)19-17(20)15-10-9-13(3)12-16(15)18-11-6-2/h9-10,12,14,18H,5-8,11H2,1-4H3,(H,19,20).